The lowest BCUT2D eigenvalue weighted by molar-refractivity contribution is -0.165. The maximum absolute atomic E-state index is 11.7. The van der Waals surface area contributed by atoms with E-state index in [0.717, 1.165) is 30.9 Å². The number of aromatic nitrogens is 2. The Morgan fingerprint density at radius 2 is 1.67 bits per heavy atom. The van der Waals surface area contributed by atoms with Crippen molar-refractivity contribution in [2.24, 2.45) is 0 Å². The van der Waals surface area contributed by atoms with Crippen LogP contribution in [0.15, 0.2) is 67.4 Å². The van der Waals surface area contributed by atoms with E-state index >= 15 is 0 Å². The zero-order valence-electron chi connectivity index (χ0n) is 26.9. The summed E-state index contributed by atoms with van der Waals surface area (Å²) in [6.07, 6.45) is -0.866. The average molecular weight is 689 g/mol. The van der Waals surface area contributed by atoms with E-state index in [-0.39, 0.29) is 34.7 Å². The summed E-state index contributed by atoms with van der Waals surface area (Å²) in [6.45, 7) is 6.59. The molecular formula is C31H40N6O12. The minimum absolute atomic E-state index is 0. The van der Waals surface area contributed by atoms with Crippen molar-refractivity contribution in [3.8, 4) is 17.4 Å². The van der Waals surface area contributed by atoms with Gasteiger partial charge in [0.2, 0.25) is 17.8 Å². The number of likely N-dealkylation sites (N-methyl/N-ethyl adjacent to an activating group) is 1. The molecule has 1 fully saturated rings. The first-order valence-corrected chi connectivity index (χ1v) is 14.1. The zero-order valence-corrected chi connectivity index (χ0v) is 26.9. The number of aliphatic hydroxyl groups excluding tert-OH is 2. The van der Waals surface area contributed by atoms with Crippen LogP contribution in [-0.2, 0) is 19.2 Å². The summed E-state index contributed by atoms with van der Waals surface area (Å²) in [5.41, 5.74) is 2.42. The van der Waals surface area contributed by atoms with Crippen LogP contribution < -0.4 is 25.0 Å². The number of aliphatic carboxylic acids is 2. The molecule has 2 heterocycles. The minimum Gasteiger partial charge on any atom is -0.490 e. The lowest BCUT2D eigenvalue weighted by atomic mass is 10.2. The zero-order chi connectivity index (χ0) is 34.7. The van der Waals surface area contributed by atoms with Crippen LogP contribution >= 0.6 is 0 Å². The van der Waals surface area contributed by atoms with Gasteiger partial charge in [0.25, 0.3) is 5.88 Å². The van der Waals surface area contributed by atoms with Crippen molar-refractivity contribution in [1.82, 2.24) is 14.9 Å². The Balaban J connectivity index is 0.000000873. The molecule has 0 saturated carbocycles. The summed E-state index contributed by atoms with van der Waals surface area (Å²) >= 11 is 0. The summed E-state index contributed by atoms with van der Waals surface area (Å²) in [6, 6.07) is 15.1. The summed E-state index contributed by atoms with van der Waals surface area (Å²) in [7, 11) is 3.55. The van der Waals surface area contributed by atoms with Crippen LogP contribution in [0.2, 0.25) is 0 Å². The van der Waals surface area contributed by atoms with Crippen molar-refractivity contribution in [2.75, 3.05) is 42.8 Å². The summed E-state index contributed by atoms with van der Waals surface area (Å²) in [4.78, 5) is 55.7. The molecule has 1 unspecified atom stereocenters. The molecular weight excluding hydrogens is 648 g/mol. The average Bonchev–Trinajstić information content (AvgIpc) is 3.56. The van der Waals surface area contributed by atoms with Crippen molar-refractivity contribution in [3.05, 3.63) is 67.4 Å². The van der Waals surface area contributed by atoms with Gasteiger partial charge in [-0.2, -0.15) is 4.98 Å². The highest BCUT2D eigenvalue weighted by molar-refractivity contribution is 5.99. The highest BCUT2D eigenvalue weighted by atomic mass is 16.5. The quantitative estimate of drug-likeness (QED) is 0.141. The smallest absolute Gasteiger partial charge is 0.335 e. The predicted molar refractivity (Wildman–Crippen MR) is 177 cm³/mol. The van der Waals surface area contributed by atoms with Crippen molar-refractivity contribution < 1.29 is 60.0 Å². The first-order chi connectivity index (χ1) is 22.3. The van der Waals surface area contributed by atoms with Crippen LogP contribution in [0.5, 0.6) is 17.4 Å². The molecule has 0 radical (unpaired) electrons. The Morgan fingerprint density at radius 3 is 2.20 bits per heavy atom. The number of aliphatic hydroxyl groups is 2. The van der Waals surface area contributed by atoms with Crippen molar-refractivity contribution >= 4 is 46.8 Å². The van der Waals surface area contributed by atoms with E-state index in [1.807, 2.05) is 36.2 Å². The van der Waals surface area contributed by atoms with Gasteiger partial charge in [-0.1, -0.05) is 12.6 Å². The standard InChI is InChI=1S/C27H30N6O4.C4H6O6.2H2O/c1-5-25(35)29-20-7-6-8-23(15-20)37-26-24(36-4)16-28-27(31-26)30-19-9-11-21(12-10-19)32(3)22-13-14-33(17-22)18(2)34;5-1(3(7)8)2(6)4(9)10;;/h5-12,15-16,22H,1,13-14,17H2,2-4H3,(H,29,35)(H,28,30,31);1-2,5-6H,(H,7,8)(H,9,10);2*1H2/t;1-,2-;;/m.1../s1. The number of carbonyl (C=O) groups is 4. The second-order valence-corrected chi connectivity index (χ2v) is 10.1. The molecule has 1 aliphatic rings. The highest BCUT2D eigenvalue weighted by Gasteiger charge is 2.29. The molecule has 1 saturated heterocycles. The molecule has 2 amide bonds. The number of rotatable bonds is 12. The first-order valence-electron chi connectivity index (χ1n) is 14.1. The number of carbonyl (C=O) groups excluding carboxylic acids is 2. The SMILES string of the molecule is C=CC(=O)Nc1cccc(Oc2nc(Nc3ccc(N(C)C4CCN(C(C)=O)C4)cc3)ncc2OC)c1.O.O.O=C(O)[C@H](O)[C@@H](O)C(=O)O. The van der Waals surface area contributed by atoms with Crippen LogP contribution in [0.3, 0.4) is 0 Å². The number of methoxy groups -OCH3 is 1. The lowest BCUT2D eigenvalue weighted by Gasteiger charge is -2.27. The number of hydrogen-bond acceptors (Lipinski definition) is 12. The van der Waals surface area contributed by atoms with E-state index in [4.69, 9.17) is 29.9 Å². The van der Waals surface area contributed by atoms with Crippen molar-refractivity contribution in [3.63, 3.8) is 0 Å². The van der Waals surface area contributed by atoms with Gasteiger partial charge in [-0.25, -0.2) is 14.6 Å². The van der Waals surface area contributed by atoms with Crippen LogP contribution in [0.1, 0.15) is 13.3 Å². The molecule has 1 aromatic heterocycles. The molecule has 18 nitrogen and oxygen atoms in total. The molecule has 0 aliphatic carbocycles. The van der Waals surface area contributed by atoms with E-state index < -0.39 is 24.1 Å². The third-order valence-corrected chi connectivity index (χ3v) is 6.94. The number of hydrogen-bond donors (Lipinski definition) is 6. The molecule has 4 rings (SSSR count). The number of benzene rings is 2. The summed E-state index contributed by atoms with van der Waals surface area (Å²) in [5.74, 6) is -2.36. The Kier molecular flexibility index (Phi) is 16.1. The second kappa shape index (κ2) is 19.1. The topological polar surface area (TPSA) is 287 Å². The van der Waals surface area contributed by atoms with Gasteiger partial charge in [0, 0.05) is 56.2 Å². The third-order valence-electron chi connectivity index (χ3n) is 6.94. The first kappa shape index (κ1) is 41.2. The monoisotopic (exact) mass is 688 g/mol. The number of carboxylic acid groups (broad SMARTS) is 2. The highest BCUT2D eigenvalue weighted by Crippen LogP contribution is 2.32. The molecule has 3 aromatic rings. The van der Waals surface area contributed by atoms with Gasteiger partial charge >= 0.3 is 11.9 Å². The molecule has 10 N–H and O–H groups in total. The Labute approximate surface area is 280 Å². The molecule has 1 aliphatic heterocycles. The maximum Gasteiger partial charge on any atom is 0.335 e. The third kappa shape index (κ3) is 11.7. The molecule has 49 heavy (non-hydrogen) atoms. The molecule has 0 bridgehead atoms. The van der Waals surface area contributed by atoms with E-state index in [0.29, 0.717) is 23.1 Å². The van der Waals surface area contributed by atoms with Gasteiger partial charge in [0.05, 0.1) is 13.3 Å². The van der Waals surface area contributed by atoms with Gasteiger partial charge in [0.15, 0.2) is 18.0 Å². The van der Waals surface area contributed by atoms with E-state index in [1.54, 1.807) is 31.2 Å². The number of likely N-dealkylation sites (tertiary alicyclic amines) is 1. The van der Waals surface area contributed by atoms with E-state index in [2.05, 4.69) is 32.1 Å². The fraction of sp³-hybridized carbons (Fsp3) is 0.290. The predicted octanol–water partition coefficient (Wildman–Crippen LogP) is 0.431. The lowest BCUT2D eigenvalue weighted by Crippen LogP contribution is -2.39. The van der Waals surface area contributed by atoms with E-state index in [1.165, 1.54) is 19.4 Å². The van der Waals surface area contributed by atoms with Crippen LogP contribution in [-0.4, -0.2) is 115 Å². The van der Waals surface area contributed by atoms with Crippen LogP contribution in [0.25, 0.3) is 0 Å². The van der Waals surface area contributed by atoms with Gasteiger partial charge in [-0.15, -0.1) is 0 Å². The van der Waals surface area contributed by atoms with Gasteiger partial charge in [-0.05, 0) is 48.9 Å². The van der Waals surface area contributed by atoms with Crippen molar-refractivity contribution in [2.45, 2.75) is 31.6 Å². The molecule has 3 atom stereocenters. The number of anilines is 4. The Hall–Kier alpha value is -5.82. The molecule has 18 heteroatoms. The maximum atomic E-state index is 11.7. The minimum atomic E-state index is -2.27. The van der Waals surface area contributed by atoms with Crippen LogP contribution in [0.4, 0.5) is 23.0 Å². The number of ether oxygens (including phenoxy) is 2. The van der Waals surface area contributed by atoms with Crippen molar-refractivity contribution in [1.29, 1.82) is 0 Å². The normalized spacial score (nSPS) is 14.2. The number of nitrogens with one attached hydrogen (secondary N) is 2. The fourth-order valence-corrected chi connectivity index (χ4v) is 4.30. The largest absolute Gasteiger partial charge is 0.490 e. The van der Waals surface area contributed by atoms with Gasteiger partial charge in [0.1, 0.15) is 5.75 Å². The van der Waals surface area contributed by atoms with Gasteiger partial charge in [-0.3, -0.25) is 9.59 Å². The van der Waals surface area contributed by atoms with Crippen LogP contribution in [0, 0.1) is 0 Å². The number of nitrogens with zero attached hydrogens (tertiary/aromatic N) is 4. The summed E-state index contributed by atoms with van der Waals surface area (Å²) in [5, 5.41) is 38.4. The molecule has 0 spiro atoms. The Morgan fingerprint density at radius 1 is 1.04 bits per heavy atom. The van der Waals surface area contributed by atoms with E-state index in [9.17, 15) is 19.2 Å². The Bertz CT molecular complexity index is 1570. The van der Waals surface area contributed by atoms with Gasteiger partial charge < -0.3 is 61.3 Å². The fourth-order valence-electron chi connectivity index (χ4n) is 4.30. The summed E-state index contributed by atoms with van der Waals surface area (Å²) < 4.78 is 11.3. The number of amides is 2. The molecule has 266 valence electrons. The molecule has 2 aromatic carbocycles. The second-order valence-electron chi connectivity index (χ2n) is 10.1. The number of carboxylic acids is 2.